The van der Waals surface area contributed by atoms with Gasteiger partial charge in [0.2, 0.25) is 0 Å². The van der Waals surface area contributed by atoms with Crippen LogP contribution in [0.3, 0.4) is 0 Å². The van der Waals surface area contributed by atoms with Gasteiger partial charge in [-0.1, -0.05) is 24.6 Å². The lowest BCUT2D eigenvalue weighted by Crippen LogP contribution is -2.07. The van der Waals surface area contributed by atoms with Gasteiger partial charge in [-0.05, 0) is 49.1 Å². The van der Waals surface area contributed by atoms with Crippen LogP contribution in [0, 0.1) is 0 Å². The Balaban J connectivity index is 1.62. The monoisotopic (exact) mass is 408 g/mol. The molecule has 2 heterocycles. The summed E-state index contributed by atoms with van der Waals surface area (Å²) in [6, 6.07) is 13.4. The summed E-state index contributed by atoms with van der Waals surface area (Å²) in [4.78, 5) is 27.8. The molecule has 29 heavy (non-hydrogen) atoms. The molecule has 2 aromatic heterocycles. The third kappa shape index (κ3) is 4.00. The summed E-state index contributed by atoms with van der Waals surface area (Å²) in [5, 5.41) is 9.93. The average Bonchev–Trinajstić information content (AvgIpc) is 3.10. The van der Waals surface area contributed by atoms with Gasteiger partial charge in [0.15, 0.2) is 0 Å². The van der Waals surface area contributed by atoms with Crippen LogP contribution in [0.25, 0.3) is 31.8 Å². The molecule has 0 spiro atoms. The molecule has 0 unspecified atom stereocenters. The lowest BCUT2D eigenvalue weighted by molar-refractivity contribution is -0.137. The van der Waals surface area contributed by atoms with Crippen LogP contribution < -0.4 is 11.4 Å². The minimum absolute atomic E-state index is 0.192. The number of thiazole rings is 1. The van der Waals surface area contributed by atoms with Gasteiger partial charge in [-0.3, -0.25) is 4.79 Å². The summed E-state index contributed by atoms with van der Waals surface area (Å²) in [5.74, 6) is -0.767. The molecule has 148 valence electrons. The van der Waals surface area contributed by atoms with Crippen LogP contribution >= 0.6 is 11.3 Å². The van der Waals surface area contributed by atoms with Gasteiger partial charge in [-0.25, -0.2) is 9.78 Å². The van der Waals surface area contributed by atoms with Crippen LogP contribution in [0.4, 0.5) is 5.69 Å². The van der Waals surface area contributed by atoms with Gasteiger partial charge in [-0.15, -0.1) is 11.3 Å². The summed E-state index contributed by atoms with van der Waals surface area (Å²) in [7, 11) is 0. The van der Waals surface area contributed by atoms with E-state index in [-0.39, 0.29) is 6.42 Å². The van der Waals surface area contributed by atoms with Crippen molar-refractivity contribution in [1.82, 2.24) is 4.98 Å². The predicted molar refractivity (Wildman–Crippen MR) is 115 cm³/mol. The van der Waals surface area contributed by atoms with E-state index in [1.807, 2.05) is 42.5 Å². The Morgan fingerprint density at radius 3 is 2.76 bits per heavy atom. The van der Waals surface area contributed by atoms with Gasteiger partial charge in [0, 0.05) is 11.8 Å². The number of aliphatic carboxylic acids is 1. The molecule has 4 aromatic rings. The molecule has 0 aliphatic rings. The van der Waals surface area contributed by atoms with Gasteiger partial charge in [-0.2, -0.15) is 0 Å². The topological polar surface area (TPSA) is 106 Å². The van der Waals surface area contributed by atoms with Crippen molar-refractivity contribution >= 4 is 44.2 Å². The number of aromatic nitrogens is 1. The highest BCUT2D eigenvalue weighted by Crippen LogP contribution is 2.34. The third-order valence-electron chi connectivity index (χ3n) is 4.88. The number of nitrogens with zero attached hydrogens (tertiary/aromatic N) is 1. The van der Waals surface area contributed by atoms with E-state index in [1.54, 1.807) is 0 Å². The van der Waals surface area contributed by atoms with Crippen molar-refractivity contribution in [2.24, 2.45) is 0 Å². The maximum Gasteiger partial charge on any atom is 0.348 e. The number of rotatable bonds is 7. The highest BCUT2D eigenvalue weighted by Gasteiger charge is 2.18. The third-order valence-corrected chi connectivity index (χ3v) is 5.93. The maximum atomic E-state index is 12.7. The van der Waals surface area contributed by atoms with Crippen molar-refractivity contribution in [3.05, 3.63) is 58.4 Å². The molecule has 0 aliphatic carbocycles. The molecule has 2 aromatic carbocycles. The van der Waals surface area contributed by atoms with Gasteiger partial charge in [0.1, 0.15) is 16.2 Å². The van der Waals surface area contributed by atoms with Gasteiger partial charge < -0.3 is 15.3 Å². The molecule has 0 atom stereocenters. The molecule has 0 radical (unpaired) electrons. The van der Waals surface area contributed by atoms with E-state index in [2.05, 4.69) is 4.98 Å². The summed E-state index contributed by atoms with van der Waals surface area (Å²) >= 11 is 1.42. The minimum Gasteiger partial charge on any atom is -0.481 e. The summed E-state index contributed by atoms with van der Waals surface area (Å²) in [6.07, 6.45) is 3.36. The van der Waals surface area contributed by atoms with Crippen molar-refractivity contribution in [3.8, 4) is 10.6 Å². The fourth-order valence-electron chi connectivity index (χ4n) is 3.39. The minimum atomic E-state index is -0.767. The van der Waals surface area contributed by atoms with Crippen LogP contribution in [-0.2, 0) is 11.2 Å². The number of hydrogen-bond donors (Lipinski definition) is 2. The Kier molecular flexibility index (Phi) is 5.31. The molecule has 0 saturated carbocycles. The molecule has 0 bridgehead atoms. The number of benzene rings is 2. The number of carboxylic acid groups (broad SMARTS) is 1. The van der Waals surface area contributed by atoms with Crippen LogP contribution in [-0.4, -0.2) is 16.1 Å². The zero-order valence-electron chi connectivity index (χ0n) is 15.7. The van der Waals surface area contributed by atoms with Crippen LogP contribution in [0.2, 0.25) is 0 Å². The fraction of sp³-hybridized carbons (Fsp3) is 0.227. The van der Waals surface area contributed by atoms with Crippen molar-refractivity contribution in [3.63, 3.8) is 0 Å². The first-order valence-corrected chi connectivity index (χ1v) is 10.3. The zero-order chi connectivity index (χ0) is 20.4. The Hall–Kier alpha value is -3.19. The number of para-hydroxylation sites is 1. The second-order valence-corrected chi connectivity index (χ2v) is 7.98. The van der Waals surface area contributed by atoms with Crippen molar-refractivity contribution in [2.75, 3.05) is 5.73 Å². The SMILES string of the molecule is Nc1c(-c2nc3ccccc3s2)c(=O)oc2cc(CCCCCC(=O)O)ccc12. The second kappa shape index (κ2) is 8.05. The van der Waals surface area contributed by atoms with E-state index in [9.17, 15) is 9.59 Å². The van der Waals surface area contributed by atoms with Crippen molar-refractivity contribution in [1.29, 1.82) is 0 Å². The van der Waals surface area contributed by atoms with E-state index in [1.165, 1.54) is 11.3 Å². The predicted octanol–water partition coefficient (Wildman–Crippen LogP) is 4.84. The molecule has 6 nitrogen and oxygen atoms in total. The average molecular weight is 408 g/mol. The van der Waals surface area contributed by atoms with Crippen molar-refractivity contribution < 1.29 is 14.3 Å². The Morgan fingerprint density at radius 2 is 1.97 bits per heavy atom. The first-order valence-electron chi connectivity index (χ1n) is 9.46. The summed E-state index contributed by atoms with van der Waals surface area (Å²) < 4.78 is 6.56. The van der Waals surface area contributed by atoms with E-state index in [4.69, 9.17) is 15.3 Å². The number of unbranched alkanes of at least 4 members (excludes halogenated alkanes) is 2. The lowest BCUT2D eigenvalue weighted by Gasteiger charge is -2.07. The Morgan fingerprint density at radius 1 is 1.14 bits per heavy atom. The first-order chi connectivity index (χ1) is 14.0. The van der Waals surface area contributed by atoms with Crippen LogP contribution in [0.5, 0.6) is 0 Å². The first kappa shape index (κ1) is 19.1. The summed E-state index contributed by atoms with van der Waals surface area (Å²) in [5.41, 5.74) is 8.85. The van der Waals surface area contributed by atoms with Crippen molar-refractivity contribution in [2.45, 2.75) is 32.1 Å². The lowest BCUT2D eigenvalue weighted by atomic mass is 10.0. The number of anilines is 1. The normalized spacial score (nSPS) is 11.3. The van der Waals surface area contributed by atoms with E-state index in [0.29, 0.717) is 33.6 Å². The zero-order valence-corrected chi connectivity index (χ0v) is 16.5. The molecular formula is C22H20N2O4S. The van der Waals surface area contributed by atoms with Crippen LogP contribution in [0.1, 0.15) is 31.2 Å². The smallest absolute Gasteiger partial charge is 0.348 e. The number of fused-ring (bicyclic) bond motifs is 2. The summed E-state index contributed by atoms with van der Waals surface area (Å²) in [6.45, 7) is 0. The standard InChI is InChI=1S/C22H20N2O4S/c23-20-14-11-10-13(6-2-1-3-9-18(25)26)12-16(14)28-22(27)19(20)21-24-15-7-4-5-8-17(15)29-21/h4-5,7-8,10-12H,1-3,6,9,23H2,(H,25,26). The number of carboxylic acids is 1. The molecule has 0 fully saturated rings. The maximum absolute atomic E-state index is 12.7. The van der Waals surface area contributed by atoms with Gasteiger partial charge in [0.05, 0.1) is 15.9 Å². The molecule has 0 amide bonds. The molecule has 3 N–H and O–H groups in total. The number of hydrogen-bond acceptors (Lipinski definition) is 6. The van der Waals surface area contributed by atoms with E-state index < -0.39 is 11.6 Å². The Labute approximate surface area is 170 Å². The molecule has 4 rings (SSSR count). The van der Waals surface area contributed by atoms with Gasteiger partial charge in [0.25, 0.3) is 0 Å². The van der Waals surface area contributed by atoms with E-state index in [0.717, 1.165) is 35.0 Å². The fourth-order valence-corrected chi connectivity index (χ4v) is 4.40. The molecule has 0 aliphatic heterocycles. The number of nitrogens with two attached hydrogens (primary N) is 1. The number of aryl methyl sites for hydroxylation is 1. The van der Waals surface area contributed by atoms with E-state index >= 15 is 0 Å². The molecule has 7 heteroatoms. The second-order valence-electron chi connectivity index (χ2n) is 6.95. The highest BCUT2D eigenvalue weighted by atomic mass is 32.1. The number of nitrogen functional groups attached to an aromatic ring is 1. The highest BCUT2D eigenvalue weighted by molar-refractivity contribution is 7.21. The van der Waals surface area contributed by atoms with Gasteiger partial charge >= 0.3 is 11.6 Å². The number of carbonyl (C=O) groups is 1. The molecule has 0 saturated heterocycles. The molecular weight excluding hydrogens is 388 g/mol. The van der Waals surface area contributed by atoms with Crippen LogP contribution in [0.15, 0.2) is 51.7 Å². The largest absolute Gasteiger partial charge is 0.481 e. The quantitative estimate of drug-likeness (QED) is 0.335. The Bertz CT molecular complexity index is 1230.